The number of rotatable bonds is 6. The lowest BCUT2D eigenvalue weighted by atomic mass is 9.78. The highest BCUT2D eigenvalue weighted by atomic mass is 14.9. The first-order valence-corrected chi connectivity index (χ1v) is 25.3. The fourth-order valence-corrected chi connectivity index (χ4v) is 12.2. The zero-order valence-electron chi connectivity index (χ0n) is 42.2. The van der Waals surface area contributed by atoms with Crippen LogP contribution in [0.25, 0.3) is 98.4 Å². The molecule has 0 amide bonds. The first-order valence-electron chi connectivity index (χ1n) is 25.3. The van der Waals surface area contributed by atoms with E-state index >= 15 is 0 Å². The van der Waals surface area contributed by atoms with Crippen molar-refractivity contribution < 1.29 is 0 Å². The monoisotopic (exact) mass is 904 g/mol. The molecule has 13 rings (SSSR count). The third-order valence-corrected chi connectivity index (χ3v) is 16.5. The molecule has 0 fully saturated rings. The summed E-state index contributed by atoms with van der Waals surface area (Å²) in [5, 5.41) is 10.5. The second-order valence-corrected chi connectivity index (χ2v) is 23.4. The largest absolute Gasteiger partial charge is 0.308 e. The molecule has 4 aromatic heterocycles. The van der Waals surface area contributed by atoms with Gasteiger partial charge in [-0.15, -0.1) is 0 Å². The van der Waals surface area contributed by atoms with E-state index in [1.165, 1.54) is 132 Å². The summed E-state index contributed by atoms with van der Waals surface area (Å²) in [6.45, 7) is 23.2. The average molecular weight is 905 g/mol. The van der Waals surface area contributed by atoms with Gasteiger partial charge >= 0.3 is 0 Å². The van der Waals surface area contributed by atoms with Crippen LogP contribution in [0.5, 0.6) is 0 Å². The van der Waals surface area contributed by atoms with Crippen LogP contribution in [0.15, 0.2) is 182 Å². The Kier molecular flexibility index (Phi) is 8.88. The molecule has 0 saturated carbocycles. The molecular formula is C68H60N2. The number of hydrogen-bond donors (Lipinski definition) is 0. The van der Waals surface area contributed by atoms with E-state index in [-0.39, 0.29) is 21.7 Å². The van der Waals surface area contributed by atoms with Gasteiger partial charge in [-0.25, -0.2) is 0 Å². The van der Waals surface area contributed by atoms with Crippen LogP contribution in [0.3, 0.4) is 0 Å². The van der Waals surface area contributed by atoms with Crippen molar-refractivity contribution in [1.29, 1.82) is 0 Å². The van der Waals surface area contributed by atoms with E-state index in [2.05, 4.69) is 260 Å². The summed E-state index contributed by atoms with van der Waals surface area (Å²) in [6, 6.07) is 69.7. The van der Waals surface area contributed by atoms with Crippen molar-refractivity contribution in [2.75, 3.05) is 0 Å². The summed E-state index contributed by atoms with van der Waals surface area (Å²) >= 11 is 0. The molecule has 0 spiro atoms. The molecule has 0 radical (unpaired) electrons. The van der Waals surface area contributed by atoms with Crippen molar-refractivity contribution in [3.63, 3.8) is 0 Å². The van der Waals surface area contributed by atoms with Gasteiger partial charge in [-0.1, -0.05) is 227 Å². The maximum atomic E-state index is 2.64. The average Bonchev–Trinajstić information content (AvgIpc) is 4.09. The molecule has 2 heteroatoms. The Morgan fingerprint density at radius 2 is 0.543 bits per heavy atom. The number of aromatic nitrogens is 2. The van der Waals surface area contributed by atoms with Crippen molar-refractivity contribution in [2.24, 2.45) is 0 Å². The van der Waals surface area contributed by atoms with Crippen LogP contribution in [0.2, 0.25) is 0 Å². The molecule has 2 nitrogen and oxygen atoms in total. The molecule has 0 aliphatic heterocycles. The molecule has 4 heterocycles. The van der Waals surface area contributed by atoms with E-state index in [1.807, 2.05) is 0 Å². The van der Waals surface area contributed by atoms with Crippen LogP contribution >= 0.6 is 0 Å². The van der Waals surface area contributed by atoms with Gasteiger partial charge in [0, 0.05) is 53.9 Å². The second-order valence-electron chi connectivity index (χ2n) is 23.4. The number of hydrogen-bond acceptors (Lipinski definition) is 0. The second kappa shape index (κ2) is 14.6. The lowest BCUT2D eigenvalue weighted by Gasteiger charge is -2.26. The van der Waals surface area contributed by atoms with Crippen LogP contribution in [0.1, 0.15) is 103 Å². The highest BCUT2D eigenvalue weighted by molar-refractivity contribution is 6.45. The Balaban J connectivity index is 1.18. The summed E-state index contributed by atoms with van der Waals surface area (Å²) < 4.78 is 5.28. The zero-order chi connectivity index (χ0) is 48.2. The van der Waals surface area contributed by atoms with E-state index in [0.717, 1.165) is 0 Å². The molecule has 0 bridgehead atoms. The van der Waals surface area contributed by atoms with E-state index in [1.54, 1.807) is 0 Å². The van der Waals surface area contributed by atoms with Crippen LogP contribution in [0, 0.1) is 0 Å². The Bertz CT molecular complexity index is 3910. The summed E-state index contributed by atoms with van der Waals surface area (Å²) in [5.74, 6) is 0. The van der Waals surface area contributed by atoms with Crippen molar-refractivity contribution in [1.82, 2.24) is 8.80 Å². The Hall–Kier alpha value is -7.42. The van der Waals surface area contributed by atoms with Gasteiger partial charge < -0.3 is 8.80 Å². The van der Waals surface area contributed by atoms with Gasteiger partial charge in [0.25, 0.3) is 0 Å². The summed E-state index contributed by atoms with van der Waals surface area (Å²) in [4.78, 5) is 0. The van der Waals surface area contributed by atoms with Gasteiger partial charge in [0.15, 0.2) is 0 Å². The summed E-state index contributed by atoms with van der Waals surface area (Å²) in [7, 11) is 0. The minimum atomic E-state index is -0.208. The van der Waals surface area contributed by atoms with Gasteiger partial charge in [0.1, 0.15) is 0 Å². The lowest BCUT2D eigenvalue weighted by Crippen LogP contribution is -2.18. The number of fused-ring (bicyclic) bond motifs is 14. The van der Waals surface area contributed by atoms with Crippen LogP contribution in [-0.2, 0) is 21.7 Å². The molecule has 9 aromatic carbocycles. The quantitative estimate of drug-likeness (QED) is 0.157. The van der Waals surface area contributed by atoms with E-state index in [4.69, 9.17) is 0 Å². The summed E-state index contributed by atoms with van der Waals surface area (Å²) in [5.41, 5.74) is 20.2. The van der Waals surface area contributed by atoms with Gasteiger partial charge in [-0.3, -0.25) is 0 Å². The van der Waals surface area contributed by atoms with E-state index in [9.17, 15) is 0 Å². The topological polar surface area (TPSA) is 8.82 Å². The van der Waals surface area contributed by atoms with Crippen molar-refractivity contribution in [3.05, 3.63) is 215 Å². The molecule has 70 heavy (non-hydrogen) atoms. The number of benzene rings is 9. The molecule has 0 aliphatic carbocycles. The zero-order valence-corrected chi connectivity index (χ0v) is 42.2. The van der Waals surface area contributed by atoms with Gasteiger partial charge in [-0.05, 0) is 90.7 Å². The van der Waals surface area contributed by atoms with E-state index in [0.29, 0.717) is 0 Å². The third kappa shape index (κ3) is 6.05. The molecule has 342 valence electrons. The smallest absolute Gasteiger partial charge is 0.0634 e. The number of nitrogens with zero attached hydrogens (tertiary/aromatic N) is 2. The molecule has 0 atom stereocenters. The van der Waals surface area contributed by atoms with Crippen LogP contribution in [-0.4, -0.2) is 8.80 Å². The van der Waals surface area contributed by atoms with Crippen LogP contribution in [0.4, 0.5) is 0 Å². The Labute approximate surface area is 411 Å². The first-order chi connectivity index (χ1) is 33.5. The predicted octanol–water partition coefficient (Wildman–Crippen LogP) is 18.6. The Morgan fingerprint density at radius 3 is 0.871 bits per heavy atom. The molecule has 0 saturated heterocycles. The minimum absolute atomic E-state index is 0.0855. The molecule has 0 unspecified atom stereocenters. The Morgan fingerprint density at radius 1 is 0.257 bits per heavy atom. The van der Waals surface area contributed by atoms with E-state index < -0.39 is 0 Å². The van der Waals surface area contributed by atoms with Crippen LogP contribution < -0.4 is 0 Å². The van der Waals surface area contributed by atoms with Gasteiger partial charge in [0.2, 0.25) is 0 Å². The fraction of sp³-hybridized carbons (Fsp3) is 0.206. The predicted molar refractivity (Wildman–Crippen MR) is 301 cm³/mol. The molecule has 0 N–H and O–H groups in total. The fourth-order valence-electron chi connectivity index (χ4n) is 12.2. The van der Waals surface area contributed by atoms with Crippen molar-refractivity contribution in [2.45, 2.75) is 90.9 Å². The summed E-state index contributed by atoms with van der Waals surface area (Å²) in [6.07, 6.45) is 0. The lowest BCUT2D eigenvalue weighted by molar-refractivity contribution is 0.590. The van der Waals surface area contributed by atoms with Crippen molar-refractivity contribution >= 4 is 76.2 Å². The van der Waals surface area contributed by atoms with Crippen molar-refractivity contribution in [3.8, 4) is 22.3 Å². The van der Waals surface area contributed by atoms with Gasteiger partial charge in [0.05, 0.1) is 33.1 Å². The third-order valence-electron chi connectivity index (χ3n) is 16.5. The van der Waals surface area contributed by atoms with Gasteiger partial charge in [-0.2, -0.15) is 0 Å². The first kappa shape index (κ1) is 42.7. The maximum absolute atomic E-state index is 2.64. The SMILES string of the molecule is CC(C)(C)c1ccc(-c2ccc3c4c5c6ccc(C(C)(C)c7ccccc7)cc6n6c7cc(-c8ccc(C(C)(C)C)cc8)ccc7c(c7c8ccc(C(C)(C)c9ccccc9)cc8n(c3c2)c47)c56)cc1. The minimum Gasteiger partial charge on any atom is -0.308 e. The highest BCUT2D eigenvalue weighted by Gasteiger charge is 2.32. The molecular weight excluding hydrogens is 845 g/mol. The standard InChI is InChI=1S/C68H60N2/c1-65(2,3)45-27-21-41(22-28-45)43-25-33-51-55(37-43)69-57-39-49(67(7,8)47-17-13-11-14-18-47)31-35-53(57)62-60-52-34-26-44(42-23-29-46(30-24-42)66(4,5)6)38-56(52)70-58-40-50(68(9,10)48-19-15-12-16-20-48)32-36-54(58)61(64(60)70)59(51)63(62)69/h11-40H,1-10H3. The maximum Gasteiger partial charge on any atom is 0.0634 e. The molecule has 13 aromatic rings. The normalized spacial score (nSPS) is 13.3. The highest BCUT2D eigenvalue weighted by Crippen LogP contribution is 2.53. The molecule has 0 aliphatic rings.